The number of ether oxygens (including phenoxy) is 2. The molecule has 3 aliphatic rings. The van der Waals surface area contributed by atoms with Crippen molar-refractivity contribution in [2.75, 3.05) is 39.6 Å². The molecule has 0 amide bonds. The molecule has 0 bridgehead atoms. The van der Waals surface area contributed by atoms with E-state index in [4.69, 9.17) is 9.47 Å². The largest absolute Gasteiger partial charge is 0.460 e. The van der Waals surface area contributed by atoms with Crippen LogP contribution in [0.15, 0.2) is 0 Å². The maximum absolute atomic E-state index is 12.4. The predicted molar refractivity (Wildman–Crippen MR) is 124 cm³/mol. The van der Waals surface area contributed by atoms with Crippen LogP contribution in [0.3, 0.4) is 0 Å². The molecular formula is C24H38F3N3O2S. The molecule has 0 unspecified atom stereocenters. The molecule has 0 saturated heterocycles. The molecule has 0 aromatic carbocycles. The number of rotatable bonds is 12. The molecule has 2 heterocycles. The van der Waals surface area contributed by atoms with Crippen LogP contribution in [0.4, 0.5) is 13.2 Å². The quantitative estimate of drug-likeness (QED) is 0.324. The van der Waals surface area contributed by atoms with Gasteiger partial charge in [-0.15, -0.1) is 0 Å². The number of hydrogen-bond acceptors (Lipinski definition) is 6. The number of hydrogen-bond donors (Lipinski definition) is 1. The van der Waals surface area contributed by atoms with Crippen molar-refractivity contribution in [1.29, 1.82) is 0 Å². The van der Waals surface area contributed by atoms with E-state index in [0.717, 1.165) is 61.5 Å². The monoisotopic (exact) mass is 489 g/mol. The highest BCUT2D eigenvalue weighted by atomic mass is 32.1. The highest BCUT2D eigenvalue weighted by Crippen LogP contribution is 2.33. The maximum Gasteiger partial charge on any atom is 0.422 e. The zero-order chi connectivity index (χ0) is 23.1. The van der Waals surface area contributed by atoms with Crippen molar-refractivity contribution in [2.45, 2.75) is 82.8 Å². The highest BCUT2D eigenvalue weighted by Gasteiger charge is 2.30. The summed E-state index contributed by atoms with van der Waals surface area (Å²) < 4.78 is 47.7. The summed E-state index contributed by atoms with van der Waals surface area (Å²) in [5.74, 6) is 1.79. The minimum atomic E-state index is -4.32. The second-order valence-electron chi connectivity index (χ2n) is 9.94. The zero-order valence-corrected chi connectivity index (χ0v) is 20.3. The third-order valence-corrected chi connectivity index (χ3v) is 8.28. The first kappa shape index (κ1) is 25.2. The number of alkyl halides is 3. The molecule has 2 fully saturated rings. The van der Waals surface area contributed by atoms with Gasteiger partial charge in [-0.1, -0.05) is 24.2 Å². The predicted octanol–water partition coefficient (Wildman–Crippen LogP) is 5.19. The number of halogens is 3. The van der Waals surface area contributed by atoms with Crippen LogP contribution in [-0.2, 0) is 17.6 Å². The molecule has 33 heavy (non-hydrogen) atoms. The van der Waals surface area contributed by atoms with Crippen LogP contribution in [0.5, 0.6) is 5.19 Å². The Balaban J connectivity index is 1.06. The Kier molecular flexibility index (Phi) is 9.30. The SMILES string of the molecule is FC(F)(F)COc1nc2c(s1)CCN(CCC1CCC(NCOCCCC3CC3)CC1)CC2. The summed E-state index contributed by atoms with van der Waals surface area (Å²) in [4.78, 5) is 7.88. The molecule has 1 aliphatic heterocycles. The lowest BCUT2D eigenvalue weighted by Crippen LogP contribution is -2.36. The summed E-state index contributed by atoms with van der Waals surface area (Å²) in [6.07, 6.45) is 8.96. The molecule has 5 nitrogen and oxygen atoms in total. The fraction of sp³-hybridized carbons (Fsp3) is 0.875. The lowest BCUT2D eigenvalue weighted by Gasteiger charge is -2.30. The van der Waals surface area contributed by atoms with E-state index in [9.17, 15) is 13.2 Å². The van der Waals surface area contributed by atoms with E-state index < -0.39 is 12.8 Å². The molecule has 2 aliphatic carbocycles. The van der Waals surface area contributed by atoms with Gasteiger partial charge in [-0.2, -0.15) is 13.2 Å². The molecular weight excluding hydrogens is 451 g/mol. The summed E-state index contributed by atoms with van der Waals surface area (Å²) in [6.45, 7) is 3.27. The number of fused-ring (bicyclic) bond motifs is 1. The highest BCUT2D eigenvalue weighted by molar-refractivity contribution is 7.13. The van der Waals surface area contributed by atoms with E-state index in [0.29, 0.717) is 12.8 Å². The molecule has 0 atom stereocenters. The molecule has 1 N–H and O–H groups in total. The van der Waals surface area contributed by atoms with Crippen LogP contribution in [0.25, 0.3) is 0 Å². The zero-order valence-electron chi connectivity index (χ0n) is 19.5. The summed E-state index contributed by atoms with van der Waals surface area (Å²) in [5, 5.41) is 3.73. The van der Waals surface area contributed by atoms with E-state index >= 15 is 0 Å². The Morgan fingerprint density at radius 1 is 1.00 bits per heavy atom. The van der Waals surface area contributed by atoms with Gasteiger partial charge in [-0.3, -0.25) is 5.32 Å². The van der Waals surface area contributed by atoms with Crippen LogP contribution in [0, 0.1) is 11.8 Å². The van der Waals surface area contributed by atoms with Crippen molar-refractivity contribution < 1.29 is 22.6 Å². The first-order valence-electron chi connectivity index (χ1n) is 12.7. The Morgan fingerprint density at radius 3 is 2.48 bits per heavy atom. The first-order valence-corrected chi connectivity index (χ1v) is 13.5. The lowest BCUT2D eigenvalue weighted by atomic mass is 9.84. The van der Waals surface area contributed by atoms with E-state index in [1.54, 1.807) is 0 Å². The van der Waals surface area contributed by atoms with Crippen molar-refractivity contribution >= 4 is 11.3 Å². The fourth-order valence-electron chi connectivity index (χ4n) is 4.96. The average Bonchev–Trinajstić information content (AvgIpc) is 3.56. The number of thiazole rings is 1. The standard InChI is InChI=1S/C24H38F3N3O2S/c25-24(26,27)16-32-23-29-21-10-13-30(14-11-22(21)33-23)12-9-19-5-7-20(8-6-19)28-17-31-15-1-2-18-3-4-18/h18-20,28H,1-17H2. The Labute approximate surface area is 199 Å². The van der Waals surface area contributed by atoms with Crippen molar-refractivity contribution in [1.82, 2.24) is 15.2 Å². The molecule has 9 heteroatoms. The van der Waals surface area contributed by atoms with Gasteiger partial charge in [0.25, 0.3) is 5.19 Å². The van der Waals surface area contributed by atoms with E-state index in [2.05, 4.69) is 15.2 Å². The van der Waals surface area contributed by atoms with Gasteiger partial charge >= 0.3 is 6.18 Å². The minimum absolute atomic E-state index is 0.153. The van der Waals surface area contributed by atoms with Gasteiger partial charge in [-0.05, 0) is 69.7 Å². The second-order valence-corrected chi connectivity index (χ2v) is 11.0. The van der Waals surface area contributed by atoms with E-state index in [-0.39, 0.29) is 5.19 Å². The average molecular weight is 490 g/mol. The Hall–Kier alpha value is -0.900. The van der Waals surface area contributed by atoms with Gasteiger partial charge < -0.3 is 14.4 Å². The third-order valence-electron chi connectivity index (χ3n) is 7.21. The van der Waals surface area contributed by atoms with Gasteiger partial charge in [0.1, 0.15) is 0 Å². The molecule has 1 aromatic rings. The van der Waals surface area contributed by atoms with Gasteiger partial charge in [0.05, 0.1) is 12.4 Å². The third kappa shape index (κ3) is 9.00. The molecule has 2 saturated carbocycles. The summed E-state index contributed by atoms with van der Waals surface area (Å²) in [6, 6.07) is 0.596. The second kappa shape index (κ2) is 12.2. The van der Waals surface area contributed by atoms with E-state index in [1.807, 2.05) is 0 Å². The molecule has 1 aromatic heterocycles. The lowest BCUT2D eigenvalue weighted by molar-refractivity contribution is -0.153. The summed E-state index contributed by atoms with van der Waals surface area (Å²) in [7, 11) is 0. The molecule has 0 radical (unpaired) electrons. The van der Waals surface area contributed by atoms with Crippen molar-refractivity contribution in [3.63, 3.8) is 0 Å². The van der Waals surface area contributed by atoms with Crippen LogP contribution < -0.4 is 10.1 Å². The van der Waals surface area contributed by atoms with E-state index in [1.165, 1.54) is 69.1 Å². The summed E-state index contributed by atoms with van der Waals surface area (Å²) in [5.41, 5.74) is 0.918. The Bertz CT molecular complexity index is 693. The van der Waals surface area contributed by atoms with Gasteiger partial charge in [0.2, 0.25) is 0 Å². The smallest absolute Gasteiger partial charge is 0.422 e. The van der Waals surface area contributed by atoms with Crippen LogP contribution in [-0.4, -0.2) is 61.7 Å². The number of nitrogens with one attached hydrogen (secondary N) is 1. The van der Waals surface area contributed by atoms with Crippen molar-refractivity contribution in [3.05, 3.63) is 10.6 Å². The first-order chi connectivity index (χ1) is 15.9. The molecule has 188 valence electrons. The minimum Gasteiger partial charge on any atom is -0.460 e. The van der Waals surface area contributed by atoms with Crippen LogP contribution in [0.1, 0.15) is 68.4 Å². The fourth-order valence-corrected chi connectivity index (χ4v) is 5.91. The maximum atomic E-state index is 12.4. The van der Waals surface area contributed by atoms with Crippen molar-refractivity contribution in [2.24, 2.45) is 11.8 Å². The normalized spacial score (nSPS) is 24.5. The van der Waals surface area contributed by atoms with Gasteiger partial charge in [0, 0.05) is 37.0 Å². The van der Waals surface area contributed by atoms with Crippen LogP contribution in [0.2, 0.25) is 0 Å². The van der Waals surface area contributed by atoms with Crippen molar-refractivity contribution in [3.8, 4) is 5.19 Å². The topological polar surface area (TPSA) is 46.6 Å². The van der Waals surface area contributed by atoms with Gasteiger partial charge in [0.15, 0.2) is 6.61 Å². The molecule has 4 rings (SSSR count). The number of nitrogens with zero attached hydrogens (tertiary/aromatic N) is 2. The van der Waals surface area contributed by atoms with Crippen LogP contribution >= 0.6 is 11.3 Å². The van der Waals surface area contributed by atoms with Gasteiger partial charge in [-0.25, -0.2) is 4.98 Å². The summed E-state index contributed by atoms with van der Waals surface area (Å²) >= 11 is 1.28. The number of aromatic nitrogens is 1. The molecule has 0 spiro atoms. The Morgan fingerprint density at radius 2 is 1.73 bits per heavy atom.